The number of methoxy groups -OCH3 is 1. The van der Waals surface area contributed by atoms with Gasteiger partial charge in [0.1, 0.15) is 11.6 Å². The van der Waals surface area contributed by atoms with Crippen molar-refractivity contribution in [2.45, 2.75) is 18.4 Å². The van der Waals surface area contributed by atoms with Gasteiger partial charge in [-0.25, -0.2) is 4.98 Å². The van der Waals surface area contributed by atoms with E-state index in [1.54, 1.807) is 19.6 Å². The van der Waals surface area contributed by atoms with E-state index in [4.69, 9.17) is 9.15 Å². The SMILES string of the molecule is COc1ccc2cc([C@H]3CN[C@@H](C(=O)N4CCN(c5ncccc5-c5ccoc5)CC4)C3)ccc2c1.Cl.Cl. The van der Waals surface area contributed by atoms with Crippen molar-refractivity contribution in [1.29, 1.82) is 0 Å². The van der Waals surface area contributed by atoms with Crippen LogP contribution in [0.15, 0.2) is 77.7 Å². The molecule has 1 amide bonds. The summed E-state index contributed by atoms with van der Waals surface area (Å²) in [6.07, 6.45) is 6.07. The Balaban J connectivity index is 0.00000168. The Kier molecular flexibility index (Phi) is 8.82. The largest absolute Gasteiger partial charge is 0.497 e. The van der Waals surface area contributed by atoms with Gasteiger partial charge in [-0.2, -0.15) is 0 Å². The molecule has 6 rings (SSSR count). The molecule has 2 aromatic carbocycles. The summed E-state index contributed by atoms with van der Waals surface area (Å²) in [5, 5.41) is 5.85. The number of nitrogens with one attached hydrogen (secondary N) is 1. The summed E-state index contributed by atoms with van der Waals surface area (Å²) in [7, 11) is 1.69. The second kappa shape index (κ2) is 12.1. The highest BCUT2D eigenvalue weighted by Crippen LogP contribution is 2.32. The number of nitrogens with zero attached hydrogens (tertiary/aromatic N) is 3. The smallest absolute Gasteiger partial charge is 0.239 e. The molecule has 0 saturated carbocycles. The van der Waals surface area contributed by atoms with Crippen LogP contribution >= 0.6 is 24.8 Å². The first-order valence-corrected chi connectivity index (χ1v) is 12.5. The van der Waals surface area contributed by atoms with Gasteiger partial charge in [-0.1, -0.05) is 24.3 Å². The zero-order valence-electron chi connectivity index (χ0n) is 21.2. The molecule has 9 heteroatoms. The molecule has 4 aromatic rings. The number of rotatable bonds is 5. The Hall–Kier alpha value is -3.26. The van der Waals surface area contributed by atoms with Gasteiger partial charge < -0.3 is 24.3 Å². The summed E-state index contributed by atoms with van der Waals surface area (Å²) in [6, 6.07) is 18.6. The molecule has 0 unspecified atom stereocenters. The number of halogens is 2. The van der Waals surface area contributed by atoms with Crippen LogP contribution in [0.4, 0.5) is 5.82 Å². The van der Waals surface area contributed by atoms with Crippen molar-refractivity contribution in [3.8, 4) is 16.9 Å². The molecule has 7 nitrogen and oxygen atoms in total. The maximum atomic E-state index is 13.4. The van der Waals surface area contributed by atoms with Crippen LogP contribution in [0.5, 0.6) is 5.75 Å². The van der Waals surface area contributed by atoms with E-state index in [0.717, 1.165) is 48.7 Å². The van der Waals surface area contributed by atoms with Crippen molar-refractivity contribution in [3.05, 3.63) is 78.9 Å². The molecule has 4 heterocycles. The number of aromatic nitrogens is 1. The highest BCUT2D eigenvalue weighted by Gasteiger charge is 2.34. The summed E-state index contributed by atoms with van der Waals surface area (Å²) in [4.78, 5) is 22.3. The minimum absolute atomic E-state index is 0. The quantitative estimate of drug-likeness (QED) is 0.368. The number of fused-ring (bicyclic) bond motifs is 1. The number of piperazine rings is 1. The third-order valence-corrected chi connectivity index (χ3v) is 7.48. The highest BCUT2D eigenvalue weighted by atomic mass is 35.5. The van der Waals surface area contributed by atoms with E-state index in [1.165, 1.54) is 16.3 Å². The molecule has 0 aliphatic carbocycles. The van der Waals surface area contributed by atoms with Gasteiger partial charge in [-0.15, -0.1) is 24.8 Å². The molecule has 1 N–H and O–H groups in total. The van der Waals surface area contributed by atoms with Crippen molar-refractivity contribution >= 4 is 47.3 Å². The number of carbonyl (C=O) groups is 1. The Morgan fingerprint density at radius 1 is 1.03 bits per heavy atom. The third-order valence-electron chi connectivity index (χ3n) is 7.48. The molecule has 2 aliphatic rings. The summed E-state index contributed by atoms with van der Waals surface area (Å²) in [5.41, 5.74) is 3.35. The lowest BCUT2D eigenvalue weighted by molar-refractivity contribution is -0.133. The Morgan fingerprint density at radius 3 is 2.58 bits per heavy atom. The summed E-state index contributed by atoms with van der Waals surface area (Å²) < 4.78 is 10.6. The Bertz CT molecular complexity index is 1370. The normalized spacial score (nSPS) is 19.1. The van der Waals surface area contributed by atoms with Gasteiger partial charge in [0.2, 0.25) is 5.91 Å². The fourth-order valence-electron chi connectivity index (χ4n) is 5.45. The third kappa shape index (κ3) is 5.46. The van der Waals surface area contributed by atoms with Crippen molar-refractivity contribution in [2.75, 3.05) is 44.7 Å². The van der Waals surface area contributed by atoms with Crippen LogP contribution in [0, 0.1) is 0 Å². The van der Waals surface area contributed by atoms with E-state index in [9.17, 15) is 4.79 Å². The molecule has 38 heavy (non-hydrogen) atoms. The van der Waals surface area contributed by atoms with Crippen LogP contribution in [0.2, 0.25) is 0 Å². The molecule has 2 aliphatic heterocycles. The van der Waals surface area contributed by atoms with Gasteiger partial charge in [-0.3, -0.25) is 4.79 Å². The number of hydrogen-bond donors (Lipinski definition) is 1. The fourth-order valence-corrected chi connectivity index (χ4v) is 5.45. The van der Waals surface area contributed by atoms with Gasteiger partial charge >= 0.3 is 0 Å². The topological polar surface area (TPSA) is 70.8 Å². The first-order chi connectivity index (χ1) is 17.7. The van der Waals surface area contributed by atoms with Gasteiger partial charge in [0.25, 0.3) is 0 Å². The van der Waals surface area contributed by atoms with Gasteiger partial charge in [0.05, 0.1) is 25.7 Å². The first kappa shape index (κ1) is 27.8. The van der Waals surface area contributed by atoms with E-state index in [2.05, 4.69) is 51.6 Å². The zero-order valence-corrected chi connectivity index (χ0v) is 22.8. The predicted octanol–water partition coefficient (Wildman–Crippen LogP) is 5.14. The number of hydrogen-bond acceptors (Lipinski definition) is 6. The van der Waals surface area contributed by atoms with Gasteiger partial charge in [0.15, 0.2) is 0 Å². The number of benzene rings is 2. The molecule has 0 bridgehead atoms. The monoisotopic (exact) mass is 554 g/mol. The fraction of sp³-hybridized carbons (Fsp3) is 0.310. The molecule has 2 atom stereocenters. The average Bonchev–Trinajstić information content (AvgIpc) is 3.65. The summed E-state index contributed by atoms with van der Waals surface area (Å²) >= 11 is 0. The van der Waals surface area contributed by atoms with Crippen LogP contribution in [-0.2, 0) is 4.79 Å². The van der Waals surface area contributed by atoms with Crippen LogP contribution in [0.3, 0.4) is 0 Å². The molecular formula is C29H32Cl2N4O3. The van der Waals surface area contributed by atoms with E-state index in [0.29, 0.717) is 19.0 Å². The Labute approximate surface area is 235 Å². The molecule has 0 spiro atoms. The van der Waals surface area contributed by atoms with Crippen LogP contribution in [0.1, 0.15) is 17.9 Å². The number of ether oxygens (including phenoxy) is 1. The number of amides is 1. The number of anilines is 1. The number of pyridine rings is 1. The lowest BCUT2D eigenvalue weighted by atomic mass is 9.93. The van der Waals surface area contributed by atoms with Gasteiger partial charge in [-0.05, 0) is 59.0 Å². The molecule has 2 saturated heterocycles. The van der Waals surface area contributed by atoms with E-state index in [1.807, 2.05) is 29.3 Å². The molecule has 0 radical (unpaired) electrons. The molecular weight excluding hydrogens is 523 g/mol. The minimum atomic E-state index is -0.135. The van der Waals surface area contributed by atoms with Crippen LogP contribution < -0.4 is 15.0 Å². The zero-order chi connectivity index (χ0) is 24.5. The van der Waals surface area contributed by atoms with Crippen molar-refractivity contribution in [1.82, 2.24) is 15.2 Å². The minimum Gasteiger partial charge on any atom is -0.497 e. The summed E-state index contributed by atoms with van der Waals surface area (Å²) in [5.74, 6) is 2.35. The number of furan rings is 1. The second-order valence-electron chi connectivity index (χ2n) is 9.56. The summed E-state index contributed by atoms with van der Waals surface area (Å²) in [6.45, 7) is 3.73. The van der Waals surface area contributed by atoms with E-state index >= 15 is 0 Å². The molecule has 200 valence electrons. The predicted molar refractivity (Wildman–Crippen MR) is 155 cm³/mol. The second-order valence-corrected chi connectivity index (χ2v) is 9.56. The first-order valence-electron chi connectivity index (χ1n) is 12.5. The maximum Gasteiger partial charge on any atom is 0.239 e. The van der Waals surface area contributed by atoms with Crippen molar-refractivity contribution < 1.29 is 13.9 Å². The van der Waals surface area contributed by atoms with E-state index < -0.39 is 0 Å². The number of carbonyl (C=O) groups excluding carboxylic acids is 1. The van der Waals surface area contributed by atoms with Gasteiger partial charge in [0, 0.05) is 50.0 Å². The Morgan fingerprint density at radius 2 is 1.82 bits per heavy atom. The molecule has 2 fully saturated rings. The standard InChI is InChI=1S/C29H30N4O3.2ClH/c1-35-25-7-6-20-15-21(4-5-22(20)16-25)24-17-27(31-18-24)29(34)33-12-10-32(11-13-33)28-26(3-2-9-30-28)23-8-14-36-19-23;;/h2-9,14-16,19,24,27,31H,10-13,17-18H2,1H3;2*1H/t24-,27-;;/m1../s1. The average molecular weight is 556 g/mol. The van der Waals surface area contributed by atoms with Crippen LogP contribution in [-0.4, -0.2) is 61.7 Å². The van der Waals surface area contributed by atoms with Crippen molar-refractivity contribution in [2.24, 2.45) is 0 Å². The lowest BCUT2D eigenvalue weighted by Crippen LogP contribution is -2.53. The van der Waals surface area contributed by atoms with E-state index in [-0.39, 0.29) is 36.8 Å². The highest BCUT2D eigenvalue weighted by molar-refractivity contribution is 5.86. The lowest BCUT2D eigenvalue weighted by Gasteiger charge is -2.37. The maximum absolute atomic E-state index is 13.4. The van der Waals surface area contributed by atoms with Crippen LogP contribution in [0.25, 0.3) is 21.9 Å². The molecule has 2 aromatic heterocycles. The van der Waals surface area contributed by atoms with Crippen molar-refractivity contribution in [3.63, 3.8) is 0 Å².